The van der Waals surface area contributed by atoms with Gasteiger partial charge in [0.15, 0.2) is 6.29 Å². The molecular formula is C14H13ClN2O2. The van der Waals surface area contributed by atoms with Gasteiger partial charge in [-0.1, -0.05) is 23.7 Å². The number of hydrogen-bond acceptors (Lipinski definition) is 2. The second kappa shape index (κ2) is 5.28. The Bertz CT molecular complexity index is 647. The molecule has 1 heterocycles. The van der Waals surface area contributed by atoms with E-state index in [1.807, 2.05) is 6.92 Å². The van der Waals surface area contributed by atoms with Crippen molar-refractivity contribution in [1.82, 2.24) is 4.68 Å². The minimum absolute atomic E-state index is 0.315. The van der Waals surface area contributed by atoms with Crippen LogP contribution in [0, 0.1) is 13.8 Å². The van der Waals surface area contributed by atoms with E-state index in [1.54, 1.807) is 41.9 Å². The molecule has 0 spiro atoms. The van der Waals surface area contributed by atoms with Crippen LogP contribution in [0.2, 0.25) is 5.02 Å². The van der Waals surface area contributed by atoms with Gasteiger partial charge in [0.25, 0.3) is 5.91 Å². The van der Waals surface area contributed by atoms with Crippen LogP contribution in [0.4, 0.5) is 0 Å². The summed E-state index contributed by atoms with van der Waals surface area (Å²) in [6.45, 7) is 3.58. The lowest BCUT2D eigenvalue weighted by Crippen LogP contribution is -2.25. The number of carbonyl (C=O) groups excluding carboxylic acids is 2. The first-order chi connectivity index (χ1) is 9.04. The zero-order chi connectivity index (χ0) is 14.0. The third kappa shape index (κ3) is 2.53. The van der Waals surface area contributed by atoms with E-state index in [1.165, 1.54) is 0 Å². The highest BCUT2D eigenvalue weighted by Gasteiger charge is 2.13. The van der Waals surface area contributed by atoms with E-state index >= 15 is 0 Å². The summed E-state index contributed by atoms with van der Waals surface area (Å²) < 4.78 is 1.58. The first kappa shape index (κ1) is 13.4. The second-order valence-electron chi connectivity index (χ2n) is 4.20. The van der Waals surface area contributed by atoms with Gasteiger partial charge in [0.1, 0.15) is 0 Å². The van der Waals surface area contributed by atoms with Crippen molar-refractivity contribution in [2.75, 3.05) is 5.43 Å². The van der Waals surface area contributed by atoms with Gasteiger partial charge < -0.3 is 0 Å². The number of aldehydes is 1. The average molecular weight is 277 g/mol. The van der Waals surface area contributed by atoms with E-state index in [0.29, 0.717) is 21.8 Å². The van der Waals surface area contributed by atoms with Crippen LogP contribution in [-0.2, 0) is 0 Å². The van der Waals surface area contributed by atoms with Crippen molar-refractivity contribution in [3.05, 3.63) is 57.9 Å². The number of aromatic nitrogens is 1. The Morgan fingerprint density at radius 1 is 1.32 bits per heavy atom. The molecule has 4 nitrogen and oxygen atoms in total. The number of nitrogens with one attached hydrogen (secondary N) is 1. The Balaban J connectivity index is 2.32. The summed E-state index contributed by atoms with van der Waals surface area (Å²) in [4.78, 5) is 23.0. The quantitative estimate of drug-likeness (QED) is 0.876. The van der Waals surface area contributed by atoms with Gasteiger partial charge in [-0.25, -0.2) is 0 Å². The molecular weight excluding hydrogens is 264 g/mol. The SMILES string of the molecule is Cc1cc(C=O)c(C)n1NC(=O)c1ccccc1Cl. The molecule has 2 rings (SSSR count). The molecule has 1 aromatic heterocycles. The fraction of sp³-hybridized carbons (Fsp3) is 0.143. The van der Waals surface area contributed by atoms with E-state index in [9.17, 15) is 9.59 Å². The van der Waals surface area contributed by atoms with Gasteiger partial charge in [-0.2, -0.15) is 0 Å². The van der Waals surface area contributed by atoms with Crippen LogP contribution in [0.25, 0.3) is 0 Å². The lowest BCUT2D eigenvalue weighted by atomic mass is 10.2. The third-order valence-electron chi connectivity index (χ3n) is 2.93. The highest BCUT2D eigenvalue weighted by atomic mass is 35.5. The number of halogens is 1. The monoisotopic (exact) mass is 276 g/mol. The number of rotatable bonds is 3. The number of hydrogen-bond donors (Lipinski definition) is 1. The second-order valence-corrected chi connectivity index (χ2v) is 4.61. The Morgan fingerprint density at radius 2 is 2.00 bits per heavy atom. The first-order valence-electron chi connectivity index (χ1n) is 5.74. The summed E-state index contributed by atoms with van der Waals surface area (Å²) in [6.07, 6.45) is 0.764. The van der Waals surface area contributed by atoms with Crippen molar-refractivity contribution in [3.8, 4) is 0 Å². The molecule has 19 heavy (non-hydrogen) atoms. The lowest BCUT2D eigenvalue weighted by molar-refractivity contribution is 0.101. The number of aryl methyl sites for hydroxylation is 1. The molecule has 0 saturated carbocycles. The summed E-state index contributed by atoms with van der Waals surface area (Å²) in [7, 11) is 0. The van der Waals surface area contributed by atoms with E-state index in [2.05, 4.69) is 5.43 Å². The number of amides is 1. The Morgan fingerprint density at radius 3 is 2.58 bits per heavy atom. The third-order valence-corrected chi connectivity index (χ3v) is 3.26. The normalized spacial score (nSPS) is 10.3. The molecule has 0 bridgehead atoms. The average Bonchev–Trinajstić information content (AvgIpc) is 2.66. The fourth-order valence-electron chi connectivity index (χ4n) is 1.89. The maximum Gasteiger partial charge on any atom is 0.271 e. The molecule has 0 atom stereocenters. The van der Waals surface area contributed by atoms with Crippen molar-refractivity contribution < 1.29 is 9.59 Å². The predicted molar refractivity (Wildman–Crippen MR) is 74.4 cm³/mol. The largest absolute Gasteiger partial charge is 0.298 e. The minimum atomic E-state index is -0.315. The van der Waals surface area contributed by atoms with Gasteiger partial charge in [-0.05, 0) is 32.0 Å². The smallest absolute Gasteiger partial charge is 0.271 e. The first-order valence-corrected chi connectivity index (χ1v) is 6.12. The van der Waals surface area contributed by atoms with E-state index in [0.717, 1.165) is 12.0 Å². The molecule has 0 radical (unpaired) electrons. The zero-order valence-electron chi connectivity index (χ0n) is 10.6. The molecule has 2 aromatic rings. The zero-order valence-corrected chi connectivity index (χ0v) is 11.4. The van der Waals surface area contributed by atoms with Gasteiger partial charge in [-0.15, -0.1) is 0 Å². The summed E-state index contributed by atoms with van der Waals surface area (Å²) >= 11 is 5.97. The Hall–Kier alpha value is -2.07. The van der Waals surface area contributed by atoms with Crippen molar-refractivity contribution in [3.63, 3.8) is 0 Å². The molecule has 1 amide bonds. The topological polar surface area (TPSA) is 51.1 Å². The van der Waals surface area contributed by atoms with Crippen molar-refractivity contribution in [1.29, 1.82) is 0 Å². The van der Waals surface area contributed by atoms with Crippen LogP contribution in [0.3, 0.4) is 0 Å². The Kier molecular flexibility index (Phi) is 3.71. The number of nitrogens with zero attached hydrogens (tertiary/aromatic N) is 1. The van der Waals surface area contributed by atoms with Gasteiger partial charge in [0.05, 0.1) is 10.6 Å². The van der Waals surface area contributed by atoms with E-state index in [-0.39, 0.29) is 5.91 Å². The van der Waals surface area contributed by atoms with Gasteiger partial charge in [-0.3, -0.25) is 19.7 Å². The predicted octanol–water partition coefficient (Wildman–Crippen LogP) is 2.95. The molecule has 0 unspecified atom stereocenters. The van der Waals surface area contributed by atoms with Crippen LogP contribution in [0.5, 0.6) is 0 Å². The molecule has 0 fully saturated rings. The van der Waals surface area contributed by atoms with Crippen LogP contribution in [-0.4, -0.2) is 16.9 Å². The summed E-state index contributed by atoms with van der Waals surface area (Å²) in [5.41, 5.74) is 5.14. The van der Waals surface area contributed by atoms with Gasteiger partial charge in [0.2, 0.25) is 0 Å². The molecule has 1 N–H and O–H groups in total. The highest BCUT2D eigenvalue weighted by Crippen LogP contribution is 2.16. The summed E-state index contributed by atoms with van der Waals surface area (Å²) in [6, 6.07) is 8.52. The van der Waals surface area contributed by atoms with Crippen molar-refractivity contribution in [2.24, 2.45) is 0 Å². The standard InChI is InChI=1S/C14H13ClN2O2/c1-9-7-11(8-18)10(2)17(9)16-14(19)12-5-3-4-6-13(12)15/h3-8H,1-2H3,(H,16,19). The molecule has 0 aliphatic carbocycles. The molecule has 1 aromatic carbocycles. The van der Waals surface area contributed by atoms with Gasteiger partial charge >= 0.3 is 0 Å². The van der Waals surface area contributed by atoms with E-state index in [4.69, 9.17) is 11.6 Å². The van der Waals surface area contributed by atoms with Crippen molar-refractivity contribution in [2.45, 2.75) is 13.8 Å². The molecule has 98 valence electrons. The number of carbonyl (C=O) groups is 2. The minimum Gasteiger partial charge on any atom is -0.298 e. The molecule has 5 heteroatoms. The van der Waals surface area contributed by atoms with Crippen LogP contribution >= 0.6 is 11.6 Å². The Labute approximate surface area is 116 Å². The van der Waals surface area contributed by atoms with Gasteiger partial charge in [0, 0.05) is 17.0 Å². The molecule has 0 aliphatic heterocycles. The summed E-state index contributed by atoms with van der Waals surface area (Å²) in [5.74, 6) is -0.315. The maximum absolute atomic E-state index is 12.1. The molecule has 0 aliphatic rings. The van der Waals surface area contributed by atoms with Crippen LogP contribution in [0.1, 0.15) is 32.1 Å². The molecule has 0 saturated heterocycles. The summed E-state index contributed by atoms with van der Waals surface area (Å²) in [5, 5.41) is 0.387. The lowest BCUT2D eigenvalue weighted by Gasteiger charge is -2.12. The number of benzene rings is 1. The van der Waals surface area contributed by atoms with Crippen LogP contribution in [0.15, 0.2) is 30.3 Å². The van der Waals surface area contributed by atoms with Crippen molar-refractivity contribution >= 4 is 23.8 Å². The van der Waals surface area contributed by atoms with Crippen LogP contribution < -0.4 is 5.43 Å². The van der Waals surface area contributed by atoms with E-state index < -0.39 is 0 Å². The fourth-order valence-corrected chi connectivity index (χ4v) is 2.11. The maximum atomic E-state index is 12.1. The highest BCUT2D eigenvalue weighted by molar-refractivity contribution is 6.34.